The SMILES string of the molecule is Cc1ccccc1-c1ccc(CN(C(=O)CCC(=O)NC2CCc3ccccc32)c2ccccc2Oc2cccc(CN)c2)cc1. The van der Waals surface area contributed by atoms with Crippen LogP contribution in [0.25, 0.3) is 11.1 Å². The maximum absolute atomic E-state index is 14.0. The molecule has 0 aromatic heterocycles. The molecule has 0 bridgehead atoms. The Labute approximate surface area is 270 Å². The first kappa shape index (κ1) is 30.8. The number of hydrogen-bond acceptors (Lipinski definition) is 4. The molecule has 6 rings (SSSR count). The molecule has 0 saturated carbocycles. The zero-order valence-electron chi connectivity index (χ0n) is 26.1. The number of nitrogens with one attached hydrogen (secondary N) is 1. The average Bonchev–Trinajstić information content (AvgIpc) is 3.49. The molecule has 0 radical (unpaired) electrons. The van der Waals surface area contributed by atoms with Crippen molar-refractivity contribution >= 4 is 17.5 Å². The number of amides is 2. The summed E-state index contributed by atoms with van der Waals surface area (Å²) in [5.74, 6) is 0.910. The molecular formula is C40H39N3O3. The van der Waals surface area contributed by atoms with Gasteiger partial charge in [-0.05, 0) is 83.0 Å². The zero-order valence-corrected chi connectivity index (χ0v) is 26.1. The Bertz CT molecular complexity index is 1830. The molecular weight excluding hydrogens is 570 g/mol. The van der Waals surface area contributed by atoms with Gasteiger partial charge >= 0.3 is 0 Å². The van der Waals surface area contributed by atoms with E-state index in [1.54, 1.807) is 4.90 Å². The second kappa shape index (κ2) is 14.3. The van der Waals surface area contributed by atoms with Crippen molar-refractivity contribution in [3.63, 3.8) is 0 Å². The molecule has 1 aliphatic carbocycles. The van der Waals surface area contributed by atoms with Crippen molar-refractivity contribution in [3.05, 3.63) is 149 Å². The molecule has 0 spiro atoms. The summed E-state index contributed by atoms with van der Waals surface area (Å²) in [5, 5.41) is 3.16. The van der Waals surface area contributed by atoms with Gasteiger partial charge in [-0.3, -0.25) is 9.59 Å². The molecule has 6 heteroatoms. The molecule has 1 aliphatic rings. The number of nitrogens with two attached hydrogens (primary N) is 1. The van der Waals surface area contributed by atoms with Crippen molar-refractivity contribution in [1.29, 1.82) is 0 Å². The highest BCUT2D eigenvalue weighted by Crippen LogP contribution is 2.35. The third-order valence-electron chi connectivity index (χ3n) is 8.60. The van der Waals surface area contributed by atoms with Crippen molar-refractivity contribution in [1.82, 2.24) is 5.32 Å². The molecule has 0 saturated heterocycles. The summed E-state index contributed by atoms with van der Waals surface area (Å²) in [4.78, 5) is 28.8. The summed E-state index contributed by atoms with van der Waals surface area (Å²) < 4.78 is 6.33. The second-order valence-corrected chi connectivity index (χ2v) is 11.8. The van der Waals surface area contributed by atoms with E-state index in [1.165, 1.54) is 22.3 Å². The van der Waals surface area contributed by atoms with Gasteiger partial charge in [0.1, 0.15) is 5.75 Å². The lowest BCUT2D eigenvalue weighted by Gasteiger charge is -2.26. The van der Waals surface area contributed by atoms with Gasteiger partial charge in [-0.15, -0.1) is 0 Å². The van der Waals surface area contributed by atoms with Crippen molar-refractivity contribution in [2.24, 2.45) is 5.73 Å². The number of carbonyl (C=O) groups excluding carboxylic acids is 2. The van der Waals surface area contributed by atoms with E-state index in [0.29, 0.717) is 30.3 Å². The van der Waals surface area contributed by atoms with E-state index in [9.17, 15) is 9.59 Å². The minimum atomic E-state index is -0.156. The molecule has 5 aromatic rings. The van der Waals surface area contributed by atoms with Crippen LogP contribution in [0, 0.1) is 6.92 Å². The van der Waals surface area contributed by atoms with Gasteiger partial charge in [0.2, 0.25) is 11.8 Å². The fourth-order valence-corrected chi connectivity index (χ4v) is 6.14. The first-order chi connectivity index (χ1) is 22.5. The summed E-state index contributed by atoms with van der Waals surface area (Å²) in [5.41, 5.74) is 14.4. The van der Waals surface area contributed by atoms with Crippen molar-refractivity contribution in [2.75, 3.05) is 4.90 Å². The summed E-state index contributed by atoms with van der Waals surface area (Å²) >= 11 is 0. The highest BCUT2D eigenvalue weighted by Gasteiger charge is 2.25. The van der Waals surface area contributed by atoms with Crippen LogP contribution in [0.2, 0.25) is 0 Å². The van der Waals surface area contributed by atoms with Crippen LogP contribution < -0.4 is 20.7 Å². The van der Waals surface area contributed by atoms with E-state index in [1.807, 2.05) is 72.8 Å². The number of para-hydroxylation sites is 2. The van der Waals surface area contributed by atoms with E-state index in [2.05, 4.69) is 60.8 Å². The highest BCUT2D eigenvalue weighted by molar-refractivity contribution is 5.96. The average molecular weight is 610 g/mol. The number of fused-ring (bicyclic) bond motifs is 1. The van der Waals surface area contributed by atoms with Crippen LogP contribution in [0.1, 0.15) is 53.1 Å². The quantitative estimate of drug-likeness (QED) is 0.159. The van der Waals surface area contributed by atoms with E-state index < -0.39 is 0 Å². The molecule has 5 aromatic carbocycles. The topological polar surface area (TPSA) is 84.7 Å². The highest BCUT2D eigenvalue weighted by atomic mass is 16.5. The number of nitrogens with zero attached hydrogens (tertiary/aromatic N) is 1. The molecule has 6 nitrogen and oxygen atoms in total. The maximum Gasteiger partial charge on any atom is 0.227 e. The monoisotopic (exact) mass is 609 g/mol. The normalized spacial score (nSPS) is 13.6. The molecule has 1 atom stereocenters. The number of aryl methyl sites for hydroxylation is 2. The number of hydrogen-bond donors (Lipinski definition) is 2. The summed E-state index contributed by atoms with van der Waals surface area (Å²) in [6, 6.07) is 39.9. The van der Waals surface area contributed by atoms with Gasteiger partial charge in [0.25, 0.3) is 0 Å². The minimum absolute atomic E-state index is 0.0138. The van der Waals surface area contributed by atoms with Crippen molar-refractivity contribution in [3.8, 4) is 22.6 Å². The summed E-state index contributed by atoms with van der Waals surface area (Å²) in [6.45, 7) is 2.83. The molecule has 0 heterocycles. The molecule has 1 unspecified atom stereocenters. The van der Waals surface area contributed by atoms with Gasteiger partial charge < -0.3 is 20.7 Å². The predicted octanol–water partition coefficient (Wildman–Crippen LogP) is 8.03. The molecule has 0 aliphatic heterocycles. The fourth-order valence-electron chi connectivity index (χ4n) is 6.14. The van der Waals surface area contributed by atoms with E-state index in [4.69, 9.17) is 10.5 Å². The Morgan fingerprint density at radius 3 is 2.41 bits per heavy atom. The maximum atomic E-state index is 14.0. The Morgan fingerprint density at radius 1 is 0.826 bits per heavy atom. The first-order valence-corrected chi connectivity index (χ1v) is 15.9. The molecule has 2 amide bonds. The van der Waals surface area contributed by atoms with Gasteiger partial charge in [-0.2, -0.15) is 0 Å². The molecule has 46 heavy (non-hydrogen) atoms. The fraction of sp³-hybridized carbons (Fsp3) is 0.200. The Hall–Kier alpha value is -5.20. The standard InChI is InChI=1S/C40H39N3O3/c1-28-9-2-4-13-34(28)32-19-17-29(18-20-32)27-43(37-15-6-7-16-38(37)46-33-12-8-10-30(25-33)26-41)40(45)24-23-39(44)42-36-22-21-31-11-3-5-14-35(31)36/h2-20,25,36H,21-24,26-27,41H2,1H3,(H,42,44). The van der Waals surface area contributed by atoms with Crippen LogP contribution in [-0.2, 0) is 29.1 Å². The summed E-state index contributed by atoms with van der Waals surface area (Å²) in [7, 11) is 0. The number of rotatable bonds is 11. The van der Waals surface area contributed by atoms with Crippen molar-refractivity contribution < 1.29 is 14.3 Å². The van der Waals surface area contributed by atoms with Crippen LogP contribution in [0.3, 0.4) is 0 Å². The van der Waals surface area contributed by atoms with E-state index >= 15 is 0 Å². The van der Waals surface area contributed by atoms with Gasteiger partial charge in [0.15, 0.2) is 5.75 Å². The number of anilines is 1. The van der Waals surface area contributed by atoms with E-state index in [0.717, 1.165) is 29.5 Å². The zero-order chi connectivity index (χ0) is 31.9. The number of benzene rings is 5. The van der Waals surface area contributed by atoms with Crippen molar-refractivity contribution in [2.45, 2.75) is 51.7 Å². The lowest BCUT2D eigenvalue weighted by Crippen LogP contribution is -2.33. The Kier molecular flexibility index (Phi) is 9.56. The van der Waals surface area contributed by atoms with Gasteiger partial charge in [-0.25, -0.2) is 0 Å². The molecule has 0 fully saturated rings. The van der Waals surface area contributed by atoms with E-state index in [-0.39, 0.29) is 30.7 Å². The van der Waals surface area contributed by atoms with Crippen LogP contribution in [0.15, 0.2) is 121 Å². The lowest BCUT2D eigenvalue weighted by atomic mass is 9.99. The third-order valence-corrected chi connectivity index (χ3v) is 8.60. The first-order valence-electron chi connectivity index (χ1n) is 15.9. The van der Waals surface area contributed by atoms with Gasteiger partial charge in [0, 0.05) is 19.4 Å². The number of ether oxygens (including phenoxy) is 1. The van der Waals surface area contributed by atoms with Gasteiger partial charge in [0.05, 0.1) is 18.3 Å². The predicted molar refractivity (Wildman–Crippen MR) is 184 cm³/mol. The smallest absolute Gasteiger partial charge is 0.227 e. The van der Waals surface area contributed by atoms with Crippen LogP contribution >= 0.6 is 0 Å². The number of carbonyl (C=O) groups is 2. The molecule has 3 N–H and O–H groups in total. The van der Waals surface area contributed by atoms with Crippen LogP contribution in [-0.4, -0.2) is 11.8 Å². The minimum Gasteiger partial charge on any atom is -0.455 e. The van der Waals surface area contributed by atoms with Crippen LogP contribution in [0.5, 0.6) is 11.5 Å². The second-order valence-electron chi connectivity index (χ2n) is 11.8. The van der Waals surface area contributed by atoms with Gasteiger partial charge in [-0.1, -0.05) is 97.1 Å². The largest absolute Gasteiger partial charge is 0.455 e. The molecule has 232 valence electrons. The summed E-state index contributed by atoms with van der Waals surface area (Å²) in [6.07, 6.45) is 1.99. The Balaban J connectivity index is 1.23. The lowest BCUT2D eigenvalue weighted by molar-refractivity contribution is -0.125. The Morgan fingerprint density at radius 2 is 1.59 bits per heavy atom. The van der Waals surface area contributed by atoms with Crippen LogP contribution in [0.4, 0.5) is 5.69 Å². The third kappa shape index (κ3) is 7.19.